The van der Waals surface area contributed by atoms with E-state index in [2.05, 4.69) is 4.99 Å². The molecular weight excluding hydrogens is 360 g/mol. The van der Waals surface area contributed by atoms with Crippen LogP contribution in [0, 0.1) is 6.92 Å². The number of sulfonamides is 1. The molecule has 0 bridgehead atoms. The highest BCUT2D eigenvalue weighted by molar-refractivity contribution is 7.93. The first-order chi connectivity index (χ1) is 12.3. The standard InChI is InChI=1S/C17H18N2O6S/c1-11-8-15(20)13(17(21)25-11)10-18-12-4-5-14(16(9-12)24-2)19-6-3-7-26(19,22)23/h4-5,8-10,20H,3,6-7H2,1-2H3. The third kappa shape index (κ3) is 3.43. The summed E-state index contributed by atoms with van der Waals surface area (Å²) in [5, 5.41) is 9.85. The number of methoxy groups -OCH3 is 1. The zero-order valence-corrected chi connectivity index (χ0v) is 15.1. The third-order valence-corrected chi connectivity index (χ3v) is 5.82. The van der Waals surface area contributed by atoms with Crippen molar-refractivity contribution in [1.82, 2.24) is 0 Å². The summed E-state index contributed by atoms with van der Waals surface area (Å²) in [6.07, 6.45) is 1.76. The van der Waals surface area contributed by atoms with Crippen molar-refractivity contribution in [1.29, 1.82) is 0 Å². The fourth-order valence-electron chi connectivity index (χ4n) is 2.73. The number of ether oxygens (including phenoxy) is 1. The monoisotopic (exact) mass is 378 g/mol. The van der Waals surface area contributed by atoms with Crippen molar-refractivity contribution in [3.05, 3.63) is 46.0 Å². The Morgan fingerprint density at radius 1 is 1.35 bits per heavy atom. The fraction of sp³-hybridized carbons (Fsp3) is 0.294. The average Bonchev–Trinajstić information content (AvgIpc) is 2.92. The molecule has 1 aromatic carbocycles. The van der Waals surface area contributed by atoms with Crippen molar-refractivity contribution >= 4 is 27.6 Å². The largest absolute Gasteiger partial charge is 0.507 e. The number of aryl methyl sites for hydroxylation is 1. The van der Waals surface area contributed by atoms with E-state index in [9.17, 15) is 18.3 Å². The van der Waals surface area contributed by atoms with Gasteiger partial charge in [0.2, 0.25) is 10.0 Å². The summed E-state index contributed by atoms with van der Waals surface area (Å²) in [6.45, 7) is 1.96. The Bertz CT molecular complexity index is 1030. The maximum atomic E-state index is 12.1. The van der Waals surface area contributed by atoms with E-state index in [4.69, 9.17) is 9.15 Å². The number of hydrogen-bond acceptors (Lipinski definition) is 7. The molecule has 0 radical (unpaired) electrons. The topological polar surface area (TPSA) is 109 Å². The van der Waals surface area contributed by atoms with Crippen LogP contribution in [0.2, 0.25) is 0 Å². The number of nitrogens with zero attached hydrogens (tertiary/aromatic N) is 2. The normalized spacial score (nSPS) is 16.3. The Balaban J connectivity index is 1.95. The van der Waals surface area contributed by atoms with Crippen LogP contribution in [0.5, 0.6) is 11.5 Å². The second-order valence-corrected chi connectivity index (χ2v) is 7.81. The fourth-order valence-corrected chi connectivity index (χ4v) is 4.30. The summed E-state index contributed by atoms with van der Waals surface area (Å²) in [5.74, 6) is 0.528. The molecule has 0 unspecified atom stereocenters. The number of anilines is 1. The van der Waals surface area contributed by atoms with Crippen molar-refractivity contribution in [2.75, 3.05) is 23.7 Å². The summed E-state index contributed by atoms with van der Waals surface area (Å²) >= 11 is 0. The number of benzene rings is 1. The van der Waals surface area contributed by atoms with Crippen molar-refractivity contribution in [3.63, 3.8) is 0 Å². The maximum absolute atomic E-state index is 12.1. The first kappa shape index (κ1) is 18.0. The number of hydrogen-bond donors (Lipinski definition) is 1. The molecule has 0 atom stereocenters. The van der Waals surface area contributed by atoms with E-state index in [1.807, 2.05) is 0 Å². The molecular formula is C17H18N2O6S. The van der Waals surface area contributed by atoms with E-state index >= 15 is 0 Å². The van der Waals surface area contributed by atoms with Crippen molar-refractivity contribution in [3.8, 4) is 11.5 Å². The number of rotatable bonds is 4. The molecule has 1 fully saturated rings. The van der Waals surface area contributed by atoms with Crippen LogP contribution >= 0.6 is 0 Å². The van der Waals surface area contributed by atoms with Gasteiger partial charge in [-0.3, -0.25) is 9.30 Å². The Hall–Kier alpha value is -2.81. The van der Waals surface area contributed by atoms with Gasteiger partial charge in [-0.15, -0.1) is 0 Å². The van der Waals surface area contributed by atoms with Gasteiger partial charge < -0.3 is 14.3 Å². The lowest BCUT2D eigenvalue weighted by molar-refractivity contribution is 0.415. The molecule has 0 amide bonds. The molecule has 2 aromatic rings. The minimum absolute atomic E-state index is 0.0687. The lowest BCUT2D eigenvalue weighted by atomic mass is 10.2. The van der Waals surface area contributed by atoms with Gasteiger partial charge in [0.1, 0.15) is 22.8 Å². The molecule has 0 aliphatic carbocycles. The first-order valence-electron chi connectivity index (χ1n) is 7.88. The minimum atomic E-state index is -3.33. The van der Waals surface area contributed by atoms with Crippen LogP contribution in [0.25, 0.3) is 0 Å². The smallest absolute Gasteiger partial charge is 0.348 e. The first-order valence-corrected chi connectivity index (χ1v) is 9.49. The van der Waals surface area contributed by atoms with Gasteiger partial charge in [0, 0.05) is 24.9 Å². The van der Waals surface area contributed by atoms with Crippen LogP contribution in [0.1, 0.15) is 17.7 Å². The predicted molar refractivity (Wildman–Crippen MR) is 97.4 cm³/mol. The van der Waals surface area contributed by atoms with Gasteiger partial charge in [-0.25, -0.2) is 13.2 Å². The van der Waals surface area contributed by atoms with E-state index in [1.54, 1.807) is 25.1 Å². The molecule has 26 heavy (non-hydrogen) atoms. The van der Waals surface area contributed by atoms with Crippen LogP contribution in [0.15, 0.2) is 38.5 Å². The van der Waals surface area contributed by atoms with Crippen LogP contribution < -0.4 is 14.7 Å². The molecule has 8 nitrogen and oxygen atoms in total. The number of aliphatic imine (C=N–C) groups is 1. The summed E-state index contributed by atoms with van der Waals surface area (Å²) in [4.78, 5) is 15.9. The molecule has 1 N–H and O–H groups in total. The molecule has 1 saturated heterocycles. The van der Waals surface area contributed by atoms with Gasteiger partial charge in [-0.2, -0.15) is 0 Å². The minimum Gasteiger partial charge on any atom is -0.507 e. The van der Waals surface area contributed by atoms with Crippen LogP contribution in [-0.4, -0.2) is 39.1 Å². The van der Waals surface area contributed by atoms with E-state index in [0.717, 1.165) is 0 Å². The summed E-state index contributed by atoms with van der Waals surface area (Å²) in [5.41, 5.74) is 0.113. The van der Waals surface area contributed by atoms with Crippen molar-refractivity contribution < 1.29 is 22.7 Å². The zero-order valence-electron chi connectivity index (χ0n) is 14.3. The molecule has 0 saturated carbocycles. The zero-order chi connectivity index (χ0) is 18.9. The van der Waals surface area contributed by atoms with E-state index < -0.39 is 15.6 Å². The van der Waals surface area contributed by atoms with E-state index in [1.165, 1.54) is 23.7 Å². The second-order valence-electron chi connectivity index (χ2n) is 5.80. The van der Waals surface area contributed by atoms with Gasteiger partial charge in [0.25, 0.3) is 0 Å². The van der Waals surface area contributed by atoms with Gasteiger partial charge in [-0.1, -0.05) is 0 Å². The SMILES string of the molecule is COc1cc(N=Cc2c(O)cc(C)oc2=O)ccc1N1CCCS1(=O)=O. The quantitative estimate of drug-likeness (QED) is 0.815. The third-order valence-electron chi connectivity index (χ3n) is 3.96. The van der Waals surface area contributed by atoms with E-state index in [-0.39, 0.29) is 17.1 Å². The molecule has 1 aromatic heterocycles. The second kappa shape index (κ2) is 6.83. The van der Waals surface area contributed by atoms with Crippen LogP contribution in [0.3, 0.4) is 0 Å². The molecule has 0 spiro atoms. The molecule has 1 aliphatic heterocycles. The molecule has 1 aliphatic rings. The molecule has 2 heterocycles. The molecule has 9 heteroatoms. The van der Waals surface area contributed by atoms with Crippen LogP contribution in [0.4, 0.5) is 11.4 Å². The Morgan fingerprint density at radius 3 is 2.73 bits per heavy atom. The molecule has 138 valence electrons. The lowest BCUT2D eigenvalue weighted by Crippen LogP contribution is -2.25. The van der Waals surface area contributed by atoms with Gasteiger partial charge in [0.05, 0.1) is 24.2 Å². The Labute approximate surface area is 150 Å². The lowest BCUT2D eigenvalue weighted by Gasteiger charge is -2.19. The van der Waals surface area contributed by atoms with Gasteiger partial charge in [0.15, 0.2) is 0 Å². The van der Waals surface area contributed by atoms with Crippen molar-refractivity contribution in [2.45, 2.75) is 13.3 Å². The summed E-state index contributed by atoms with van der Waals surface area (Å²) < 4.78 is 35.7. The number of aromatic hydroxyl groups is 1. The predicted octanol–water partition coefficient (Wildman–Crippen LogP) is 1.95. The van der Waals surface area contributed by atoms with Gasteiger partial charge in [-0.05, 0) is 25.5 Å². The van der Waals surface area contributed by atoms with E-state index in [0.29, 0.717) is 35.9 Å². The molecule has 3 rings (SSSR count). The van der Waals surface area contributed by atoms with Gasteiger partial charge >= 0.3 is 5.63 Å². The highest BCUT2D eigenvalue weighted by Gasteiger charge is 2.30. The summed E-state index contributed by atoms with van der Waals surface area (Å²) in [7, 11) is -1.89. The highest BCUT2D eigenvalue weighted by atomic mass is 32.2. The summed E-state index contributed by atoms with van der Waals surface area (Å²) in [6, 6.07) is 6.10. The van der Waals surface area contributed by atoms with Crippen molar-refractivity contribution in [2.24, 2.45) is 4.99 Å². The Morgan fingerprint density at radius 2 is 2.12 bits per heavy atom. The average molecular weight is 378 g/mol. The van der Waals surface area contributed by atoms with Crippen LogP contribution in [-0.2, 0) is 10.0 Å². The highest BCUT2D eigenvalue weighted by Crippen LogP contribution is 2.36. The maximum Gasteiger partial charge on any atom is 0.348 e. The Kier molecular flexibility index (Phi) is 4.73.